The maximum Gasteiger partial charge on any atom is 0.162 e. The summed E-state index contributed by atoms with van der Waals surface area (Å²) in [6.45, 7) is 14.6. The van der Waals surface area contributed by atoms with Gasteiger partial charge in [0.15, 0.2) is 5.78 Å². The summed E-state index contributed by atoms with van der Waals surface area (Å²) in [5.74, 6) is 2.84. The summed E-state index contributed by atoms with van der Waals surface area (Å²) in [5.41, 5.74) is 5.15. The van der Waals surface area contributed by atoms with Gasteiger partial charge in [-0.3, -0.25) is 9.78 Å². The van der Waals surface area contributed by atoms with Crippen LogP contribution in [-0.4, -0.2) is 20.9 Å². The summed E-state index contributed by atoms with van der Waals surface area (Å²) < 4.78 is 6.40. The molecule has 1 aliphatic heterocycles. The molecule has 3 aromatic carbocycles. The van der Waals surface area contributed by atoms with E-state index in [4.69, 9.17) is 4.74 Å². The van der Waals surface area contributed by atoms with Crippen molar-refractivity contribution in [1.82, 2.24) is 9.97 Å². The molecule has 1 N–H and O–H groups in total. The van der Waals surface area contributed by atoms with Gasteiger partial charge in [-0.1, -0.05) is 76.3 Å². The maximum absolute atomic E-state index is 11.7. The Labute approximate surface area is 264 Å². The van der Waals surface area contributed by atoms with Crippen molar-refractivity contribution in [2.75, 3.05) is 0 Å². The number of hydrogen-bond donors (Lipinski definition) is 1. The van der Waals surface area contributed by atoms with E-state index in [0.29, 0.717) is 5.92 Å². The molecule has 2 heterocycles. The van der Waals surface area contributed by atoms with E-state index < -0.39 is 0 Å². The molecule has 0 amide bonds. The predicted octanol–water partition coefficient (Wildman–Crippen LogP) is 9.73. The van der Waals surface area contributed by atoms with Crippen LogP contribution < -0.4 is 4.74 Å². The Morgan fingerprint density at radius 3 is 2.31 bits per heavy atom. The average molecular weight is 744 g/mol. The summed E-state index contributed by atoms with van der Waals surface area (Å²) >= 11 is 0. The van der Waals surface area contributed by atoms with Crippen LogP contribution in [0.2, 0.25) is 0 Å². The number of aromatic nitrogens is 2. The van der Waals surface area contributed by atoms with E-state index in [-0.39, 0.29) is 43.5 Å². The van der Waals surface area contributed by atoms with E-state index in [1.54, 1.807) is 6.33 Å². The molecule has 4 aromatic rings. The summed E-state index contributed by atoms with van der Waals surface area (Å²) in [6.07, 6.45) is 7.55. The average Bonchev–Trinajstić information content (AvgIpc) is 2.95. The number of aliphatic hydroxyl groups is 1. The number of nitrogens with zero attached hydrogens (tertiary/aromatic N) is 2. The van der Waals surface area contributed by atoms with E-state index in [1.165, 1.54) is 17.0 Å². The van der Waals surface area contributed by atoms with Gasteiger partial charge in [-0.2, -0.15) is 0 Å². The minimum Gasteiger partial charge on any atom is -0.512 e. The molecule has 0 atom stereocenters. The second kappa shape index (κ2) is 14.9. The number of allylic oxidation sites excluding steroid dienone is 2. The van der Waals surface area contributed by atoms with E-state index in [2.05, 4.69) is 67.1 Å². The molecule has 0 aliphatic carbocycles. The third-order valence-corrected chi connectivity index (χ3v) is 8.09. The van der Waals surface area contributed by atoms with Gasteiger partial charge >= 0.3 is 0 Å². The van der Waals surface area contributed by atoms with Crippen molar-refractivity contribution in [3.63, 3.8) is 0 Å². The number of rotatable bonds is 9. The van der Waals surface area contributed by atoms with Crippen LogP contribution in [-0.2, 0) is 31.3 Å². The van der Waals surface area contributed by atoms with Gasteiger partial charge < -0.3 is 9.84 Å². The zero-order valence-corrected chi connectivity index (χ0v) is 28.3. The maximum atomic E-state index is 11.7. The Kier molecular flexibility index (Phi) is 11.8. The molecule has 0 saturated carbocycles. The smallest absolute Gasteiger partial charge is 0.162 e. The number of hydrogen-bond acceptors (Lipinski definition) is 5. The van der Waals surface area contributed by atoms with Crippen molar-refractivity contribution < 1.29 is 34.7 Å². The minimum atomic E-state index is 0. The molecule has 6 heteroatoms. The number of carbonyl (C=O) groups is 1. The largest absolute Gasteiger partial charge is 0.512 e. The number of aliphatic hydroxyl groups excluding tert-OH is 1. The molecule has 1 aliphatic rings. The number of carbonyl (C=O) groups excluding carboxylic acids is 1. The molecular weight excluding hydrogens is 701 g/mol. The zero-order chi connectivity index (χ0) is 29.7. The Morgan fingerprint density at radius 2 is 1.67 bits per heavy atom. The number of fused-ring (bicyclic) bond motifs is 3. The van der Waals surface area contributed by atoms with Crippen LogP contribution in [0.15, 0.2) is 54.6 Å². The van der Waals surface area contributed by atoms with Crippen molar-refractivity contribution in [3.05, 3.63) is 71.8 Å². The van der Waals surface area contributed by atoms with E-state index in [0.717, 1.165) is 76.7 Å². The van der Waals surface area contributed by atoms with Gasteiger partial charge in [0.2, 0.25) is 0 Å². The number of ketones is 1. The Hall–Kier alpha value is -3.08. The van der Waals surface area contributed by atoms with Gasteiger partial charge in [0.25, 0.3) is 0 Å². The monoisotopic (exact) mass is 744 g/mol. The molecule has 225 valence electrons. The predicted molar refractivity (Wildman–Crippen MR) is 169 cm³/mol. The molecular formula is C36H43IrN2O3-. The fourth-order valence-corrected chi connectivity index (χ4v) is 5.67. The number of aryl methyl sites for hydroxylation is 1. The van der Waals surface area contributed by atoms with Gasteiger partial charge in [0, 0.05) is 49.1 Å². The molecule has 5 nitrogen and oxygen atoms in total. The van der Waals surface area contributed by atoms with Crippen molar-refractivity contribution in [1.29, 1.82) is 0 Å². The van der Waals surface area contributed by atoms with Crippen LogP contribution in [0, 0.1) is 30.7 Å². The summed E-state index contributed by atoms with van der Waals surface area (Å²) in [6, 6.07) is 16.1. The molecule has 0 spiro atoms. The first-order valence-corrected chi connectivity index (χ1v) is 15.1. The molecule has 0 saturated heterocycles. The fraction of sp³-hybridized carbons (Fsp3) is 0.417. The first-order chi connectivity index (χ1) is 19.7. The minimum absolute atomic E-state index is 0. The third-order valence-electron chi connectivity index (χ3n) is 8.09. The molecule has 42 heavy (non-hydrogen) atoms. The Bertz CT molecular complexity index is 1570. The third kappa shape index (κ3) is 7.10. The quantitative estimate of drug-likeness (QED) is 0.0925. The van der Waals surface area contributed by atoms with E-state index in [1.807, 2.05) is 33.8 Å². The Balaban J connectivity index is 0.000000263. The topological polar surface area (TPSA) is 72.3 Å². The van der Waals surface area contributed by atoms with Crippen molar-refractivity contribution >= 4 is 27.5 Å². The summed E-state index contributed by atoms with van der Waals surface area (Å²) in [4.78, 5) is 20.8. The Morgan fingerprint density at radius 1 is 1.00 bits per heavy atom. The standard InChI is InChI=1S/C23H19N2O.C13H24O2.Ir/c1-13(2)8-15-9-19-21-20(10-15)26-23-14(3)17-7-5-4-6-16(17)11-18(23)22(21)25-12-24-19;1-5-10(6-2)12(14)9-13(15)11(7-3)8-4;/h4-7,9-10,12-13H,8H2,1-3H3;9-11,14H,5-8H2,1-4H3;/q-1;;/b;12-9-;. The van der Waals surface area contributed by atoms with Crippen LogP contribution in [0.5, 0.6) is 11.5 Å². The summed E-state index contributed by atoms with van der Waals surface area (Å²) in [7, 11) is 0. The van der Waals surface area contributed by atoms with Crippen LogP contribution in [0.1, 0.15) is 78.4 Å². The second-order valence-electron chi connectivity index (χ2n) is 11.4. The zero-order valence-electron chi connectivity index (χ0n) is 25.9. The number of ether oxygens (including phenoxy) is 1. The molecule has 1 radical (unpaired) electrons. The first kappa shape index (κ1) is 33.4. The molecule has 1 aromatic heterocycles. The van der Waals surface area contributed by atoms with Crippen LogP contribution in [0.25, 0.3) is 32.9 Å². The van der Waals surface area contributed by atoms with Gasteiger partial charge in [0.1, 0.15) is 12.1 Å². The molecule has 0 bridgehead atoms. The SMILES string of the molecule is CCC(CC)C(=O)/C=C(\O)C(CC)CC.Cc1c2c([c-]c3ccccc13)-c1ncnc3cc(CC(C)C)cc(c13)O2.[Ir]. The van der Waals surface area contributed by atoms with Crippen LogP contribution >= 0.6 is 0 Å². The van der Waals surface area contributed by atoms with Crippen molar-refractivity contribution in [2.24, 2.45) is 17.8 Å². The fourth-order valence-electron chi connectivity index (χ4n) is 5.67. The second-order valence-corrected chi connectivity index (χ2v) is 11.4. The van der Waals surface area contributed by atoms with Gasteiger partial charge in [-0.25, -0.2) is 4.98 Å². The van der Waals surface area contributed by atoms with Crippen LogP contribution in [0.3, 0.4) is 0 Å². The molecule has 0 fully saturated rings. The summed E-state index contributed by atoms with van der Waals surface area (Å²) in [5, 5.41) is 13.0. The first-order valence-electron chi connectivity index (χ1n) is 15.1. The normalized spacial score (nSPS) is 12.2. The van der Waals surface area contributed by atoms with E-state index >= 15 is 0 Å². The van der Waals surface area contributed by atoms with Crippen molar-refractivity contribution in [3.8, 4) is 22.8 Å². The van der Waals surface area contributed by atoms with Gasteiger partial charge in [-0.05, 0) is 62.6 Å². The van der Waals surface area contributed by atoms with Crippen molar-refractivity contribution in [2.45, 2.75) is 80.6 Å². The van der Waals surface area contributed by atoms with E-state index in [9.17, 15) is 9.90 Å². The van der Waals surface area contributed by atoms with Crippen LogP contribution in [0.4, 0.5) is 0 Å². The van der Waals surface area contributed by atoms with Gasteiger partial charge in [-0.15, -0.1) is 17.5 Å². The number of benzene rings is 3. The molecule has 0 unspecified atom stereocenters. The van der Waals surface area contributed by atoms with Gasteiger partial charge in [0.05, 0.1) is 17.0 Å². The molecule has 5 rings (SSSR count).